The van der Waals surface area contributed by atoms with Crippen LogP contribution in [0.3, 0.4) is 0 Å². The van der Waals surface area contributed by atoms with Crippen LogP contribution in [0.25, 0.3) is 0 Å². The van der Waals surface area contributed by atoms with E-state index in [0.29, 0.717) is 18.3 Å². The number of benzene rings is 1. The molecular weight excluding hydrogens is 277 g/mol. The average Bonchev–Trinajstić information content (AvgIpc) is 2.70. The Morgan fingerprint density at radius 3 is 2.41 bits per heavy atom. The Labute approximate surface area is 134 Å². The molecule has 1 unspecified atom stereocenters. The predicted octanol–water partition coefficient (Wildman–Crippen LogP) is 2.30. The van der Waals surface area contributed by atoms with Crippen LogP contribution in [0, 0.1) is 5.92 Å². The summed E-state index contributed by atoms with van der Waals surface area (Å²) in [6, 6.07) is 7.87. The highest BCUT2D eigenvalue weighted by Gasteiger charge is 2.42. The van der Waals surface area contributed by atoms with E-state index < -0.39 is 5.60 Å². The van der Waals surface area contributed by atoms with Crippen LogP contribution in [-0.2, 0) is 9.31 Å². The summed E-state index contributed by atoms with van der Waals surface area (Å²) >= 11 is 0. The molecule has 5 heteroatoms. The molecule has 0 amide bonds. The van der Waals surface area contributed by atoms with Crippen LogP contribution < -0.4 is 10.2 Å². The lowest BCUT2D eigenvalue weighted by molar-refractivity contribution is 0.173. The topological polar surface area (TPSA) is 30.9 Å². The van der Waals surface area contributed by atoms with Gasteiger partial charge in [-0.3, -0.25) is 0 Å². The van der Waals surface area contributed by atoms with E-state index in [1.54, 1.807) is 0 Å². The van der Waals surface area contributed by atoms with Gasteiger partial charge in [0, 0.05) is 12.5 Å². The Hall–Kier alpha value is -1.46. The van der Waals surface area contributed by atoms with E-state index in [-0.39, 0.29) is 7.12 Å². The van der Waals surface area contributed by atoms with Gasteiger partial charge in [-0.05, 0) is 45.5 Å². The number of nitrogens with zero attached hydrogens (tertiary/aromatic N) is 1. The predicted molar refractivity (Wildman–Crippen MR) is 90.4 cm³/mol. The van der Waals surface area contributed by atoms with E-state index in [4.69, 9.17) is 14.0 Å². The molecule has 1 aromatic rings. The third-order valence-corrected chi connectivity index (χ3v) is 3.69. The summed E-state index contributed by atoms with van der Waals surface area (Å²) < 4.78 is 17.4. The zero-order valence-electron chi connectivity index (χ0n) is 14.3. The largest absolute Gasteiger partial charge is 0.563 e. The van der Waals surface area contributed by atoms with Crippen molar-refractivity contribution in [3.8, 4) is 5.75 Å². The van der Waals surface area contributed by atoms with Gasteiger partial charge < -0.3 is 18.9 Å². The lowest BCUT2D eigenvalue weighted by Crippen LogP contribution is -2.34. The molecule has 4 nitrogen and oxygen atoms in total. The molecule has 1 saturated heterocycles. The molecule has 0 N–H and O–H groups in total. The molecule has 1 fully saturated rings. The van der Waals surface area contributed by atoms with Crippen LogP contribution in [0.15, 0.2) is 36.6 Å². The molecule has 1 atom stereocenters. The number of ether oxygens (including phenoxy) is 1. The molecule has 0 spiro atoms. The monoisotopic (exact) mass is 303 g/mol. The molecule has 0 radical (unpaired) electrons. The van der Waals surface area contributed by atoms with Crippen LogP contribution in [0.2, 0.25) is 0 Å². The Balaban J connectivity index is 1.90. The van der Waals surface area contributed by atoms with Crippen molar-refractivity contribution < 1.29 is 14.0 Å². The molecule has 0 bridgehead atoms. The highest BCUT2D eigenvalue weighted by atomic mass is 16.7. The van der Waals surface area contributed by atoms with Gasteiger partial charge in [0.25, 0.3) is 0 Å². The third-order valence-electron chi connectivity index (χ3n) is 3.69. The molecular formula is C17H26BNO3. The lowest BCUT2D eigenvalue weighted by Gasteiger charge is -2.17. The van der Waals surface area contributed by atoms with E-state index >= 15 is 0 Å². The fourth-order valence-corrected chi connectivity index (χ4v) is 2.40. The zero-order valence-corrected chi connectivity index (χ0v) is 14.3. The highest BCUT2D eigenvalue weighted by Crippen LogP contribution is 2.29. The molecule has 0 aliphatic carbocycles. The van der Waals surface area contributed by atoms with Crippen molar-refractivity contribution in [2.75, 3.05) is 27.2 Å². The van der Waals surface area contributed by atoms with E-state index in [9.17, 15) is 0 Å². The van der Waals surface area contributed by atoms with Gasteiger partial charge in [0.15, 0.2) is 0 Å². The van der Waals surface area contributed by atoms with Gasteiger partial charge in [0.2, 0.25) is 0 Å². The molecule has 1 aliphatic heterocycles. The van der Waals surface area contributed by atoms with E-state index in [1.807, 2.05) is 38.1 Å². The third kappa shape index (κ3) is 4.27. The van der Waals surface area contributed by atoms with E-state index in [2.05, 4.69) is 32.5 Å². The van der Waals surface area contributed by atoms with Gasteiger partial charge in [-0.15, -0.1) is 0 Å². The van der Waals surface area contributed by atoms with Gasteiger partial charge in [-0.2, -0.15) is 0 Å². The first-order valence-electron chi connectivity index (χ1n) is 7.69. The fourth-order valence-electron chi connectivity index (χ4n) is 2.40. The standard InChI is InChI=1S/C17H26BNO3/c1-13(11-19(5)6)12-20-16-9-7-15(8-10-16)18-21-14(2)17(3,4)22-18/h7-10,13H,2,11-12H2,1,3-6H3. The molecule has 0 saturated carbocycles. The van der Waals surface area contributed by atoms with E-state index in [1.165, 1.54) is 0 Å². The Morgan fingerprint density at radius 1 is 1.27 bits per heavy atom. The Morgan fingerprint density at radius 2 is 1.91 bits per heavy atom. The minimum absolute atomic E-state index is 0.385. The van der Waals surface area contributed by atoms with Gasteiger partial charge >= 0.3 is 7.12 Å². The normalized spacial score (nSPS) is 18.5. The summed E-state index contributed by atoms with van der Waals surface area (Å²) in [7, 11) is 3.76. The van der Waals surface area contributed by atoms with Crippen molar-refractivity contribution in [2.45, 2.75) is 26.4 Å². The fraction of sp³-hybridized carbons (Fsp3) is 0.529. The molecule has 22 heavy (non-hydrogen) atoms. The summed E-state index contributed by atoms with van der Waals surface area (Å²) in [5, 5.41) is 0. The quantitative estimate of drug-likeness (QED) is 0.755. The first kappa shape index (κ1) is 16.9. The second-order valence-corrected chi connectivity index (χ2v) is 6.75. The number of rotatable bonds is 6. The van der Waals surface area contributed by atoms with Crippen molar-refractivity contribution >= 4 is 12.6 Å². The summed E-state index contributed by atoms with van der Waals surface area (Å²) in [5.74, 6) is 2.01. The molecule has 1 aliphatic rings. The minimum atomic E-state index is -0.443. The van der Waals surface area contributed by atoms with Gasteiger partial charge in [0.1, 0.15) is 11.4 Å². The highest BCUT2D eigenvalue weighted by molar-refractivity contribution is 6.62. The number of hydrogen-bond acceptors (Lipinski definition) is 4. The first-order chi connectivity index (χ1) is 10.3. The maximum atomic E-state index is 5.86. The van der Waals surface area contributed by atoms with Crippen molar-refractivity contribution in [2.24, 2.45) is 5.92 Å². The average molecular weight is 303 g/mol. The maximum Gasteiger partial charge on any atom is 0.563 e. The van der Waals surface area contributed by atoms with E-state index in [0.717, 1.165) is 17.8 Å². The summed E-state index contributed by atoms with van der Waals surface area (Å²) in [6.07, 6.45) is 0. The minimum Gasteiger partial charge on any atom is -0.534 e. The van der Waals surface area contributed by atoms with Crippen LogP contribution in [-0.4, -0.2) is 44.9 Å². The number of hydrogen-bond donors (Lipinski definition) is 0. The van der Waals surface area contributed by atoms with Crippen molar-refractivity contribution in [3.63, 3.8) is 0 Å². The molecule has 1 aromatic carbocycles. The summed E-state index contributed by atoms with van der Waals surface area (Å²) in [5.41, 5.74) is 0.530. The van der Waals surface area contributed by atoms with Crippen LogP contribution in [0.1, 0.15) is 20.8 Å². The molecule has 120 valence electrons. The molecule has 2 rings (SSSR count). The SMILES string of the molecule is C=C1OB(c2ccc(OCC(C)CN(C)C)cc2)OC1(C)C. The Bertz CT molecular complexity index is 513. The lowest BCUT2D eigenvalue weighted by atomic mass is 9.79. The van der Waals surface area contributed by atoms with Crippen LogP contribution in [0.4, 0.5) is 0 Å². The maximum absolute atomic E-state index is 5.86. The molecule has 0 aromatic heterocycles. The van der Waals surface area contributed by atoms with Crippen molar-refractivity contribution in [1.29, 1.82) is 0 Å². The second-order valence-electron chi connectivity index (χ2n) is 6.75. The van der Waals surface area contributed by atoms with Gasteiger partial charge in [-0.25, -0.2) is 0 Å². The van der Waals surface area contributed by atoms with Gasteiger partial charge in [0.05, 0.1) is 12.4 Å². The second kappa shape index (κ2) is 6.76. The molecule has 1 heterocycles. The van der Waals surface area contributed by atoms with Crippen LogP contribution >= 0.6 is 0 Å². The first-order valence-corrected chi connectivity index (χ1v) is 7.69. The van der Waals surface area contributed by atoms with Crippen molar-refractivity contribution in [3.05, 3.63) is 36.6 Å². The smallest absolute Gasteiger partial charge is 0.534 e. The Kier molecular flexibility index (Phi) is 5.19. The zero-order chi connectivity index (χ0) is 16.3. The summed E-state index contributed by atoms with van der Waals surface area (Å²) in [6.45, 7) is 11.7. The van der Waals surface area contributed by atoms with Crippen LogP contribution in [0.5, 0.6) is 5.75 Å². The van der Waals surface area contributed by atoms with Gasteiger partial charge in [-0.1, -0.05) is 25.6 Å². The summed E-state index contributed by atoms with van der Waals surface area (Å²) in [4.78, 5) is 2.17. The van der Waals surface area contributed by atoms with Crippen molar-refractivity contribution in [1.82, 2.24) is 4.90 Å².